The highest BCUT2D eigenvalue weighted by Gasteiger charge is 2.30. The molecule has 20 heavy (non-hydrogen) atoms. The normalized spacial score (nSPS) is 15.6. The summed E-state index contributed by atoms with van der Waals surface area (Å²) in [5, 5.41) is 0. The SMILES string of the molecule is CN(C)CCCS(=O)(=O)c1ccc(C(=O)C2CC2)cc1. The fraction of sp³-hybridized carbons (Fsp3) is 0.533. The number of carbonyl (C=O) groups is 1. The van der Waals surface area contributed by atoms with Crippen LogP contribution in [0.1, 0.15) is 29.6 Å². The minimum atomic E-state index is -3.24. The van der Waals surface area contributed by atoms with E-state index >= 15 is 0 Å². The van der Waals surface area contributed by atoms with Crippen molar-refractivity contribution in [2.24, 2.45) is 5.92 Å². The van der Waals surface area contributed by atoms with Crippen molar-refractivity contribution < 1.29 is 13.2 Å². The molecule has 0 atom stereocenters. The molecule has 2 rings (SSSR count). The predicted octanol–water partition coefficient (Wildman–Crippen LogP) is 2.00. The smallest absolute Gasteiger partial charge is 0.178 e. The van der Waals surface area contributed by atoms with Gasteiger partial charge in [-0.15, -0.1) is 0 Å². The lowest BCUT2D eigenvalue weighted by atomic mass is 10.1. The molecule has 1 aromatic carbocycles. The van der Waals surface area contributed by atoms with Gasteiger partial charge in [0.15, 0.2) is 15.6 Å². The largest absolute Gasteiger partial charge is 0.309 e. The Bertz CT molecular complexity index is 572. The Labute approximate surface area is 120 Å². The van der Waals surface area contributed by atoms with Crippen LogP contribution in [0.25, 0.3) is 0 Å². The van der Waals surface area contributed by atoms with Crippen LogP contribution < -0.4 is 0 Å². The second-order valence-corrected chi connectivity index (χ2v) is 7.75. The van der Waals surface area contributed by atoms with Gasteiger partial charge in [0.05, 0.1) is 10.6 Å². The molecule has 0 spiro atoms. The number of rotatable bonds is 7. The van der Waals surface area contributed by atoms with E-state index in [1.807, 2.05) is 19.0 Å². The third-order valence-electron chi connectivity index (χ3n) is 3.46. The zero-order chi connectivity index (χ0) is 14.8. The number of carbonyl (C=O) groups excluding carboxylic acids is 1. The maximum atomic E-state index is 12.1. The van der Waals surface area contributed by atoms with Crippen LogP contribution >= 0.6 is 0 Å². The molecule has 0 saturated heterocycles. The molecular formula is C15H21NO3S. The minimum absolute atomic E-state index is 0.140. The summed E-state index contributed by atoms with van der Waals surface area (Å²) in [6.45, 7) is 0.747. The zero-order valence-corrected chi connectivity index (χ0v) is 12.8. The van der Waals surface area contributed by atoms with Crippen LogP contribution in [0.4, 0.5) is 0 Å². The summed E-state index contributed by atoms with van der Waals surface area (Å²) < 4.78 is 24.3. The molecular weight excluding hydrogens is 274 g/mol. The molecule has 1 aliphatic carbocycles. The van der Waals surface area contributed by atoms with Gasteiger partial charge in [-0.25, -0.2) is 8.42 Å². The van der Waals surface area contributed by atoms with Crippen LogP contribution in [0.5, 0.6) is 0 Å². The summed E-state index contributed by atoms with van der Waals surface area (Å²) in [5.74, 6) is 0.445. The predicted molar refractivity (Wildman–Crippen MR) is 78.7 cm³/mol. The van der Waals surface area contributed by atoms with E-state index in [9.17, 15) is 13.2 Å². The minimum Gasteiger partial charge on any atom is -0.309 e. The monoisotopic (exact) mass is 295 g/mol. The van der Waals surface area contributed by atoms with E-state index in [1.54, 1.807) is 24.3 Å². The maximum absolute atomic E-state index is 12.1. The summed E-state index contributed by atoms with van der Waals surface area (Å²) in [6, 6.07) is 6.39. The average Bonchev–Trinajstić information content (AvgIpc) is 3.21. The lowest BCUT2D eigenvalue weighted by Gasteiger charge is -2.09. The molecule has 1 aromatic rings. The Morgan fingerprint density at radius 2 is 1.80 bits per heavy atom. The van der Waals surface area contributed by atoms with Gasteiger partial charge in [-0.3, -0.25) is 4.79 Å². The molecule has 0 bridgehead atoms. The van der Waals surface area contributed by atoms with Crippen molar-refractivity contribution in [2.75, 3.05) is 26.4 Å². The molecule has 1 aliphatic rings. The van der Waals surface area contributed by atoms with Crippen molar-refractivity contribution >= 4 is 15.6 Å². The van der Waals surface area contributed by atoms with Crippen LogP contribution in [0.15, 0.2) is 29.2 Å². The molecule has 5 heteroatoms. The summed E-state index contributed by atoms with van der Waals surface area (Å²) >= 11 is 0. The molecule has 0 N–H and O–H groups in total. The van der Waals surface area contributed by atoms with E-state index in [4.69, 9.17) is 0 Å². The quantitative estimate of drug-likeness (QED) is 0.722. The number of benzene rings is 1. The van der Waals surface area contributed by atoms with Crippen molar-refractivity contribution in [3.63, 3.8) is 0 Å². The molecule has 0 amide bonds. The van der Waals surface area contributed by atoms with Crippen LogP contribution in [-0.4, -0.2) is 45.5 Å². The Kier molecular flexibility index (Phi) is 4.60. The van der Waals surface area contributed by atoms with Gasteiger partial charge in [0.1, 0.15) is 0 Å². The first-order valence-electron chi connectivity index (χ1n) is 6.92. The fourth-order valence-electron chi connectivity index (χ4n) is 2.10. The van der Waals surface area contributed by atoms with Crippen molar-refractivity contribution in [1.82, 2.24) is 4.90 Å². The Morgan fingerprint density at radius 1 is 1.20 bits per heavy atom. The van der Waals surface area contributed by atoms with Gasteiger partial charge < -0.3 is 4.90 Å². The van der Waals surface area contributed by atoms with Gasteiger partial charge in [-0.2, -0.15) is 0 Å². The van der Waals surface area contributed by atoms with Crippen LogP contribution in [0.2, 0.25) is 0 Å². The number of nitrogens with zero attached hydrogens (tertiary/aromatic N) is 1. The van der Waals surface area contributed by atoms with Gasteiger partial charge in [0, 0.05) is 11.5 Å². The molecule has 0 aromatic heterocycles. The number of hydrogen-bond donors (Lipinski definition) is 0. The molecule has 1 fully saturated rings. The molecule has 0 heterocycles. The van der Waals surface area contributed by atoms with Crippen molar-refractivity contribution in [3.8, 4) is 0 Å². The topological polar surface area (TPSA) is 54.5 Å². The Morgan fingerprint density at radius 3 is 2.30 bits per heavy atom. The summed E-state index contributed by atoms with van der Waals surface area (Å²) in [7, 11) is 0.602. The van der Waals surface area contributed by atoms with Gasteiger partial charge in [-0.1, -0.05) is 12.1 Å². The molecule has 0 unspecified atom stereocenters. The van der Waals surface area contributed by atoms with Gasteiger partial charge in [0.25, 0.3) is 0 Å². The maximum Gasteiger partial charge on any atom is 0.178 e. The number of Topliss-reactive ketones (excluding diaryl/α,β-unsaturated/α-hetero) is 1. The average molecular weight is 295 g/mol. The first-order chi connectivity index (χ1) is 9.40. The first kappa shape index (κ1) is 15.2. The third kappa shape index (κ3) is 3.90. The highest BCUT2D eigenvalue weighted by Crippen LogP contribution is 2.32. The lowest BCUT2D eigenvalue weighted by molar-refractivity contribution is 0.0967. The Balaban J connectivity index is 2.02. The van der Waals surface area contributed by atoms with Crippen molar-refractivity contribution in [3.05, 3.63) is 29.8 Å². The first-order valence-corrected chi connectivity index (χ1v) is 8.57. The second-order valence-electron chi connectivity index (χ2n) is 5.64. The van der Waals surface area contributed by atoms with E-state index < -0.39 is 9.84 Å². The Hall–Kier alpha value is -1.20. The highest BCUT2D eigenvalue weighted by atomic mass is 32.2. The molecule has 4 nitrogen and oxygen atoms in total. The zero-order valence-electron chi connectivity index (χ0n) is 12.0. The van der Waals surface area contributed by atoms with Crippen LogP contribution in [-0.2, 0) is 9.84 Å². The molecule has 0 radical (unpaired) electrons. The molecule has 0 aliphatic heterocycles. The fourth-order valence-corrected chi connectivity index (χ4v) is 3.39. The summed E-state index contributed by atoms with van der Waals surface area (Å²) in [5.41, 5.74) is 0.625. The molecule has 110 valence electrons. The van der Waals surface area contributed by atoms with Crippen molar-refractivity contribution in [2.45, 2.75) is 24.2 Å². The number of hydrogen-bond acceptors (Lipinski definition) is 4. The van der Waals surface area contributed by atoms with E-state index in [-0.39, 0.29) is 17.5 Å². The molecule has 1 saturated carbocycles. The standard InChI is InChI=1S/C15H21NO3S/c1-16(2)10-3-11-20(18,19)14-8-6-13(7-9-14)15(17)12-4-5-12/h6-9,12H,3-5,10-11H2,1-2H3. The van der Waals surface area contributed by atoms with Crippen molar-refractivity contribution in [1.29, 1.82) is 0 Å². The highest BCUT2D eigenvalue weighted by molar-refractivity contribution is 7.91. The third-order valence-corrected chi connectivity index (χ3v) is 5.28. The van der Waals surface area contributed by atoms with E-state index in [2.05, 4.69) is 0 Å². The van der Waals surface area contributed by atoms with E-state index in [1.165, 1.54) is 0 Å². The van der Waals surface area contributed by atoms with Crippen LogP contribution in [0, 0.1) is 5.92 Å². The van der Waals surface area contributed by atoms with E-state index in [0.29, 0.717) is 16.9 Å². The van der Waals surface area contributed by atoms with Crippen LogP contribution in [0.3, 0.4) is 0 Å². The van der Waals surface area contributed by atoms with Gasteiger partial charge >= 0.3 is 0 Å². The lowest BCUT2D eigenvalue weighted by Crippen LogP contribution is -2.17. The second kappa shape index (κ2) is 6.06. The summed E-state index contributed by atoms with van der Waals surface area (Å²) in [6.07, 6.45) is 2.53. The summed E-state index contributed by atoms with van der Waals surface area (Å²) in [4.78, 5) is 14.1. The van der Waals surface area contributed by atoms with E-state index in [0.717, 1.165) is 19.4 Å². The van der Waals surface area contributed by atoms with Gasteiger partial charge in [0.2, 0.25) is 0 Å². The number of sulfone groups is 1. The van der Waals surface area contributed by atoms with Gasteiger partial charge in [-0.05, 0) is 52.0 Å². The number of ketones is 1.